The molecule has 1 N–H and O–H groups in total. The van der Waals surface area contributed by atoms with Gasteiger partial charge in [-0.05, 0) is 37.4 Å². The molecule has 0 aliphatic carbocycles. The van der Waals surface area contributed by atoms with E-state index >= 15 is 0 Å². The minimum Gasteiger partial charge on any atom is -0.461 e. The summed E-state index contributed by atoms with van der Waals surface area (Å²) >= 11 is 0. The van der Waals surface area contributed by atoms with Crippen molar-refractivity contribution in [2.24, 2.45) is 5.92 Å². The van der Waals surface area contributed by atoms with Crippen molar-refractivity contribution in [2.75, 3.05) is 19.6 Å². The maximum absolute atomic E-state index is 5.32. The molecule has 2 saturated heterocycles. The van der Waals surface area contributed by atoms with Crippen molar-refractivity contribution in [3.63, 3.8) is 0 Å². The van der Waals surface area contributed by atoms with E-state index in [1.54, 1.807) is 6.26 Å². The van der Waals surface area contributed by atoms with Crippen LogP contribution in [-0.4, -0.2) is 40.7 Å². The highest BCUT2D eigenvalue weighted by Gasteiger charge is 2.33. The zero-order valence-corrected chi connectivity index (χ0v) is 12.5. The third kappa shape index (κ3) is 2.97. The van der Waals surface area contributed by atoms with Crippen molar-refractivity contribution in [3.05, 3.63) is 24.3 Å². The highest BCUT2D eigenvalue weighted by atomic mass is 35.5. The summed E-state index contributed by atoms with van der Waals surface area (Å²) in [5, 5.41) is 7.55. The van der Waals surface area contributed by atoms with Crippen LogP contribution in [0.4, 0.5) is 0 Å². The van der Waals surface area contributed by atoms with E-state index in [1.165, 1.54) is 12.8 Å². The number of nitrogens with zero attached hydrogens (tertiary/aromatic N) is 3. The molecule has 2 fully saturated rings. The molecule has 0 radical (unpaired) electrons. The molecular weight excluding hydrogens is 292 g/mol. The van der Waals surface area contributed by atoms with Crippen LogP contribution in [0.3, 0.4) is 0 Å². The van der Waals surface area contributed by atoms with Gasteiger partial charge in [-0.2, -0.15) is 4.98 Å². The lowest BCUT2D eigenvalue weighted by atomic mass is 9.93. The topological polar surface area (TPSA) is 67.3 Å². The second-order valence-corrected chi connectivity index (χ2v) is 5.62. The van der Waals surface area contributed by atoms with E-state index in [-0.39, 0.29) is 12.4 Å². The van der Waals surface area contributed by atoms with E-state index in [1.807, 2.05) is 12.1 Å². The van der Waals surface area contributed by atoms with Crippen molar-refractivity contribution in [1.82, 2.24) is 20.4 Å². The molecule has 0 saturated carbocycles. The molecule has 0 amide bonds. The number of aromatic nitrogens is 2. The van der Waals surface area contributed by atoms with Gasteiger partial charge in [0.1, 0.15) is 0 Å². The van der Waals surface area contributed by atoms with Gasteiger partial charge in [0.05, 0.1) is 12.8 Å². The lowest BCUT2D eigenvalue weighted by Crippen LogP contribution is -2.43. The fraction of sp³-hybridized carbons (Fsp3) is 0.571. The highest BCUT2D eigenvalue weighted by Crippen LogP contribution is 2.25. The number of furan rings is 1. The fourth-order valence-electron chi connectivity index (χ4n) is 3.28. The SMILES string of the molecule is Cl.c1coc(-c2noc(CN3CCC4NCCC4C3)n2)c1. The van der Waals surface area contributed by atoms with Gasteiger partial charge in [0, 0.05) is 19.1 Å². The van der Waals surface area contributed by atoms with Gasteiger partial charge in [-0.25, -0.2) is 0 Å². The first-order valence-corrected chi connectivity index (χ1v) is 7.21. The van der Waals surface area contributed by atoms with Crippen LogP contribution in [0.1, 0.15) is 18.7 Å². The van der Waals surface area contributed by atoms with E-state index in [9.17, 15) is 0 Å². The summed E-state index contributed by atoms with van der Waals surface area (Å²) in [5.74, 6) is 2.62. The maximum atomic E-state index is 5.32. The van der Waals surface area contributed by atoms with Gasteiger partial charge in [0.25, 0.3) is 0 Å². The first-order chi connectivity index (χ1) is 9.88. The average Bonchev–Trinajstić information content (AvgIpc) is 3.19. The highest BCUT2D eigenvalue weighted by molar-refractivity contribution is 5.85. The Labute approximate surface area is 129 Å². The minimum absolute atomic E-state index is 0. The predicted molar refractivity (Wildman–Crippen MR) is 79.0 cm³/mol. The van der Waals surface area contributed by atoms with Crippen molar-refractivity contribution < 1.29 is 8.94 Å². The van der Waals surface area contributed by atoms with Crippen molar-refractivity contribution >= 4 is 12.4 Å². The Bertz CT molecular complexity index is 571. The summed E-state index contributed by atoms with van der Waals surface area (Å²) in [6, 6.07) is 4.38. The van der Waals surface area contributed by atoms with E-state index in [4.69, 9.17) is 8.94 Å². The molecule has 2 unspecified atom stereocenters. The number of hydrogen-bond donors (Lipinski definition) is 1. The van der Waals surface area contributed by atoms with Crippen molar-refractivity contribution in [1.29, 1.82) is 0 Å². The molecule has 2 atom stereocenters. The number of hydrogen-bond acceptors (Lipinski definition) is 6. The second-order valence-electron chi connectivity index (χ2n) is 5.62. The molecule has 4 rings (SSSR count). The maximum Gasteiger partial charge on any atom is 0.241 e. The monoisotopic (exact) mass is 310 g/mol. The van der Waals surface area contributed by atoms with Gasteiger partial charge in [-0.1, -0.05) is 5.16 Å². The van der Waals surface area contributed by atoms with Gasteiger partial charge in [-0.3, -0.25) is 4.90 Å². The van der Waals surface area contributed by atoms with E-state index in [0.29, 0.717) is 23.5 Å². The molecule has 21 heavy (non-hydrogen) atoms. The Balaban J connectivity index is 0.00000132. The number of halogens is 1. The molecule has 6 nitrogen and oxygen atoms in total. The molecule has 2 aromatic heterocycles. The van der Waals surface area contributed by atoms with Crippen LogP contribution in [0, 0.1) is 5.92 Å². The van der Waals surface area contributed by atoms with Crippen LogP contribution >= 0.6 is 12.4 Å². The molecule has 2 aromatic rings. The molecule has 4 heterocycles. The lowest BCUT2D eigenvalue weighted by Gasteiger charge is -2.33. The van der Waals surface area contributed by atoms with Crippen LogP contribution < -0.4 is 5.32 Å². The van der Waals surface area contributed by atoms with E-state index in [2.05, 4.69) is 20.4 Å². The first kappa shape index (κ1) is 14.6. The van der Waals surface area contributed by atoms with E-state index in [0.717, 1.165) is 32.1 Å². The Kier molecular flexibility index (Phi) is 4.28. The zero-order chi connectivity index (χ0) is 13.4. The average molecular weight is 311 g/mol. The van der Waals surface area contributed by atoms with Gasteiger partial charge in [-0.15, -0.1) is 12.4 Å². The van der Waals surface area contributed by atoms with Gasteiger partial charge in [0.15, 0.2) is 5.76 Å². The minimum atomic E-state index is 0. The molecule has 2 aliphatic rings. The summed E-state index contributed by atoms with van der Waals surface area (Å²) in [7, 11) is 0. The smallest absolute Gasteiger partial charge is 0.241 e. The molecule has 0 spiro atoms. The molecule has 114 valence electrons. The third-order valence-corrected chi connectivity index (χ3v) is 4.31. The lowest BCUT2D eigenvalue weighted by molar-refractivity contribution is 0.140. The zero-order valence-electron chi connectivity index (χ0n) is 11.7. The number of fused-ring (bicyclic) bond motifs is 1. The number of nitrogens with one attached hydrogen (secondary N) is 1. The van der Waals surface area contributed by atoms with Crippen LogP contribution in [0.5, 0.6) is 0 Å². The molecule has 7 heteroatoms. The molecule has 0 bridgehead atoms. The number of rotatable bonds is 3. The standard InChI is InChI=1S/C14H18N4O2.ClH/c1-2-12(19-7-1)14-16-13(20-17-14)9-18-6-4-11-10(8-18)3-5-15-11;/h1-2,7,10-11,15H,3-6,8-9H2;1H. The van der Waals surface area contributed by atoms with Crippen LogP contribution in [0.15, 0.2) is 27.3 Å². The normalized spacial score (nSPS) is 25.5. The summed E-state index contributed by atoms with van der Waals surface area (Å²) in [6.07, 6.45) is 4.11. The van der Waals surface area contributed by atoms with Crippen molar-refractivity contribution in [2.45, 2.75) is 25.4 Å². The first-order valence-electron chi connectivity index (χ1n) is 7.21. The molecule has 2 aliphatic heterocycles. The third-order valence-electron chi connectivity index (χ3n) is 4.31. The number of likely N-dealkylation sites (tertiary alicyclic amines) is 1. The Morgan fingerprint density at radius 2 is 2.33 bits per heavy atom. The Morgan fingerprint density at radius 3 is 3.19 bits per heavy atom. The van der Waals surface area contributed by atoms with E-state index < -0.39 is 0 Å². The summed E-state index contributed by atoms with van der Waals surface area (Å²) < 4.78 is 10.6. The molecule has 0 aromatic carbocycles. The van der Waals surface area contributed by atoms with Crippen LogP contribution in [0.25, 0.3) is 11.6 Å². The summed E-state index contributed by atoms with van der Waals surface area (Å²) in [6.45, 7) is 4.10. The largest absolute Gasteiger partial charge is 0.461 e. The summed E-state index contributed by atoms with van der Waals surface area (Å²) in [5.41, 5.74) is 0. The quantitative estimate of drug-likeness (QED) is 0.934. The summed E-state index contributed by atoms with van der Waals surface area (Å²) in [4.78, 5) is 6.81. The van der Waals surface area contributed by atoms with Crippen molar-refractivity contribution in [3.8, 4) is 11.6 Å². The second kappa shape index (κ2) is 6.17. The van der Waals surface area contributed by atoms with Crippen LogP contribution in [-0.2, 0) is 6.54 Å². The number of piperidine rings is 1. The molecular formula is C14H19ClN4O2. The van der Waals surface area contributed by atoms with Gasteiger partial charge >= 0.3 is 0 Å². The Morgan fingerprint density at radius 1 is 1.38 bits per heavy atom. The van der Waals surface area contributed by atoms with Crippen LogP contribution in [0.2, 0.25) is 0 Å². The Hall–Kier alpha value is -1.37. The predicted octanol–water partition coefficient (Wildman–Crippen LogP) is 1.94. The van der Waals surface area contributed by atoms with Gasteiger partial charge < -0.3 is 14.3 Å². The fourth-order valence-corrected chi connectivity index (χ4v) is 3.28. The van der Waals surface area contributed by atoms with Gasteiger partial charge in [0.2, 0.25) is 11.7 Å².